The van der Waals surface area contributed by atoms with Crippen molar-refractivity contribution in [3.05, 3.63) is 70.2 Å². The van der Waals surface area contributed by atoms with Gasteiger partial charge >= 0.3 is 0 Å². The van der Waals surface area contributed by atoms with Gasteiger partial charge in [0, 0.05) is 22.0 Å². The standard InChI is InChI=1S/C18H20BrN3O/c1-22(2)17(12-16(23)13-7-4-3-5-8-13)21-18(20)14-9-6-10-15(19)11-14/h3-11,17H,12H2,1-2H3,(H2,20,21). The number of carbonyl (C=O) groups is 1. The van der Waals surface area contributed by atoms with Gasteiger partial charge in [-0.05, 0) is 26.2 Å². The highest BCUT2D eigenvalue weighted by Gasteiger charge is 2.17. The number of hydrogen-bond donors (Lipinski definition) is 1. The lowest BCUT2D eigenvalue weighted by molar-refractivity contribution is 0.0947. The molecule has 5 heteroatoms. The number of halogens is 1. The minimum absolute atomic E-state index is 0.0510. The Hall–Kier alpha value is -1.98. The number of nitrogens with two attached hydrogens (primary N) is 1. The summed E-state index contributed by atoms with van der Waals surface area (Å²) in [7, 11) is 3.78. The van der Waals surface area contributed by atoms with E-state index >= 15 is 0 Å². The van der Waals surface area contributed by atoms with E-state index in [4.69, 9.17) is 5.73 Å². The smallest absolute Gasteiger partial charge is 0.166 e. The largest absolute Gasteiger partial charge is 0.383 e. The van der Waals surface area contributed by atoms with Crippen LogP contribution >= 0.6 is 15.9 Å². The Labute approximate surface area is 145 Å². The average molecular weight is 374 g/mol. The Morgan fingerprint density at radius 3 is 2.39 bits per heavy atom. The van der Waals surface area contributed by atoms with Crippen LogP contribution in [0, 0.1) is 0 Å². The fraction of sp³-hybridized carbons (Fsp3) is 0.222. The topological polar surface area (TPSA) is 58.7 Å². The summed E-state index contributed by atoms with van der Waals surface area (Å²) in [5.41, 5.74) is 7.63. The van der Waals surface area contributed by atoms with E-state index in [1.54, 1.807) is 0 Å². The van der Waals surface area contributed by atoms with E-state index < -0.39 is 0 Å². The molecule has 0 aliphatic carbocycles. The zero-order valence-electron chi connectivity index (χ0n) is 13.2. The van der Waals surface area contributed by atoms with Crippen molar-refractivity contribution in [1.29, 1.82) is 0 Å². The van der Waals surface area contributed by atoms with E-state index in [0.717, 1.165) is 10.0 Å². The molecule has 2 aromatic carbocycles. The molecule has 0 heterocycles. The van der Waals surface area contributed by atoms with Crippen LogP contribution in [0.5, 0.6) is 0 Å². The highest BCUT2D eigenvalue weighted by molar-refractivity contribution is 9.10. The molecular formula is C18H20BrN3O. The number of carbonyl (C=O) groups excluding carboxylic acids is 1. The van der Waals surface area contributed by atoms with Gasteiger partial charge in [0.15, 0.2) is 5.78 Å². The molecule has 1 atom stereocenters. The Morgan fingerprint density at radius 2 is 1.78 bits per heavy atom. The predicted molar refractivity (Wildman–Crippen MR) is 97.7 cm³/mol. The van der Waals surface area contributed by atoms with E-state index in [1.807, 2.05) is 73.6 Å². The number of rotatable bonds is 6. The molecule has 0 fully saturated rings. The molecule has 0 saturated carbocycles. The van der Waals surface area contributed by atoms with E-state index in [-0.39, 0.29) is 18.4 Å². The third kappa shape index (κ3) is 5.01. The molecule has 0 bridgehead atoms. The van der Waals surface area contributed by atoms with E-state index in [1.165, 1.54) is 0 Å². The molecule has 0 amide bonds. The third-order valence-corrected chi connectivity index (χ3v) is 3.96. The lowest BCUT2D eigenvalue weighted by Gasteiger charge is -2.20. The van der Waals surface area contributed by atoms with E-state index in [0.29, 0.717) is 11.4 Å². The average Bonchev–Trinajstić information content (AvgIpc) is 2.54. The molecule has 2 N–H and O–H groups in total. The number of ketones is 1. The van der Waals surface area contributed by atoms with Gasteiger partial charge in [-0.3, -0.25) is 9.69 Å². The number of hydrogen-bond acceptors (Lipinski definition) is 3. The predicted octanol–water partition coefficient (Wildman–Crippen LogP) is 3.32. The first-order valence-electron chi connectivity index (χ1n) is 7.31. The Morgan fingerprint density at radius 1 is 1.13 bits per heavy atom. The normalized spacial score (nSPS) is 13.1. The van der Waals surface area contributed by atoms with Crippen LogP contribution in [0.15, 0.2) is 64.1 Å². The lowest BCUT2D eigenvalue weighted by Crippen LogP contribution is -2.31. The molecule has 0 aromatic heterocycles. The highest BCUT2D eigenvalue weighted by Crippen LogP contribution is 2.14. The van der Waals surface area contributed by atoms with Gasteiger partial charge in [0.1, 0.15) is 12.0 Å². The van der Waals surface area contributed by atoms with E-state index in [2.05, 4.69) is 20.9 Å². The second kappa shape index (κ2) is 8.04. The minimum atomic E-state index is -0.304. The van der Waals surface area contributed by atoms with Crippen molar-refractivity contribution in [1.82, 2.24) is 4.90 Å². The molecule has 0 saturated heterocycles. The third-order valence-electron chi connectivity index (χ3n) is 3.47. The summed E-state index contributed by atoms with van der Waals surface area (Å²) in [5, 5.41) is 0. The molecule has 2 aromatic rings. The maximum absolute atomic E-state index is 12.4. The summed E-state index contributed by atoms with van der Waals surface area (Å²) in [6, 6.07) is 16.9. The van der Waals surface area contributed by atoms with Crippen molar-refractivity contribution >= 4 is 27.5 Å². The summed E-state index contributed by atoms with van der Waals surface area (Å²) in [6.07, 6.45) is -0.0205. The van der Waals surface area contributed by atoms with Gasteiger partial charge in [0.25, 0.3) is 0 Å². The number of aliphatic imine (C=N–C) groups is 1. The molecule has 1 unspecified atom stereocenters. The van der Waals surface area contributed by atoms with Crippen LogP contribution < -0.4 is 5.73 Å². The summed E-state index contributed by atoms with van der Waals surface area (Å²) in [6.45, 7) is 0. The molecule has 0 aliphatic rings. The molecule has 23 heavy (non-hydrogen) atoms. The minimum Gasteiger partial charge on any atom is -0.383 e. The summed E-state index contributed by atoms with van der Waals surface area (Å²) in [5.74, 6) is 0.473. The molecule has 2 rings (SSSR count). The zero-order valence-corrected chi connectivity index (χ0v) is 14.8. The van der Waals surface area contributed by atoms with Crippen molar-refractivity contribution in [3.8, 4) is 0 Å². The van der Waals surface area contributed by atoms with Crippen LogP contribution in [0.1, 0.15) is 22.3 Å². The van der Waals surface area contributed by atoms with Gasteiger partial charge in [-0.2, -0.15) is 0 Å². The number of amidine groups is 1. The van der Waals surface area contributed by atoms with Gasteiger partial charge in [0.2, 0.25) is 0 Å². The molecule has 120 valence electrons. The maximum atomic E-state index is 12.4. The number of benzene rings is 2. The van der Waals surface area contributed by atoms with Gasteiger partial charge < -0.3 is 5.73 Å². The van der Waals surface area contributed by atoms with Crippen molar-refractivity contribution in [2.24, 2.45) is 10.7 Å². The number of Topliss-reactive ketones (excluding diaryl/α,β-unsaturated/α-hetero) is 1. The fourth-order valence-corrected chi connectivity index (χ4v) is 2.53. The Kier molecular flexibility index (Phi) is 6.07. The van der Waals surface area contributed by atoms with Crippen LogP contribution in [-0.2, 0) is 0 Å². The fourth-order valence-electron chi connectivity index (χ4n) is 2.13. The Bertz CT molecular complexity index is 698. The summed E-state index contributed by atoms with van der Waals surface area (Å²) < 4.78 is 0.940. The van der Waals surface area contributed by atoms with Crippen LogP contribution in [0.2, 0.25) is 0 Å². The van der Waals surface area contributed by atoms with Gasteiger partial charge in [0.05, 0.1) is 0 Å². The first-order chi connectivity index (χ1) is 11.0. The van der Waals surface area contributed by atoms with Crippen molar-refractivity contribution in [3.63, 3.8) is 0 Å². The first-order valence-corrected chi connectivity index (χ1v) is 8.10. The summed E-state index contributed by atoms with van der Waals surface area (Å²) in [4.78, 5) is 18.8. The molecule has 0 aliphatic heterocycles. The van der Waals surface area contributed by atoms with Crippen LogP contribution in [-0.4, -0.2) is 36.8 Å². The van der Waals surface area contributed by atoms with Crippen LogP contribution in [0.25, 0.3) is 0 Å². The molecule has 0 radical (unpaired) electrons. The summed E-state index contributed by atoms with van der Waals surface area (Å²) >= 11 is 3.42. The van der Waals surface area contributed by atoms with Gasteiger partial charge in [-0.25, -0.2) is 4.99 Å². The monoisotopic (exact) mass is 373 g/mol. The number of nitrogens with zero attached hydrogens (tertiary/aromatic N) is 2. The molecule has 4 nitrogen and oxygen atoms in total. The highest BCUT2D eigenvalue weighted by atomic mass is 79.9. The van der Waals surface area contributed by atoms with Crippen LogP contribution in [0.3, 0.4) is 0 Å². The lowest BCUT2D eigenvalue weighted by atomic mass is 10.1. The SMILES string of the molecule is CN(C)C(CC(=O)c1ccccc1)/N=C(\N)c1cccc(Br)c1. The molecular weight excluding hydrogens is 354 g/mol. The van der Waals surface area contributed by atoms with Gasteiger partial charge in [-0.15, -0.1) is 0 Å². The van der Waals surface area contributed by atoms with Crippen LogP contribution in [0.4, 0.5) is 0 Å². The van der Waals surface area contributed by atoms with Crippen molar-refractivity contribution < 1.29 is 4.79 Å². The zero-order chi connectivity index (χ0) is 16.8. The quantitative estimate of drug-likeness (QED) is 0.480. The molecule has 0 spiro atoms. The van der Waals surface area contributed by atoms with E-state index in [9.17, 15) is 4.79 Å². The maximum Gasteiger partial charge on any atom is 0.166 e. The second-order valence-electron chi connectivity index (χ2n) is 5.46. The first kappa shape index (κ1) is 17.4. The Balaban J connectivity index is 2.18. The second-order valence-corrected chi connectivity index (χ2v) is 6.38. The van der Waals surface area contributed by atoms with Crippen molar-refractivity contribution in [2.75, 3.05) is 14.1 Å². The van der Waals surface area contributed by atoms with Gasteiger partial charge in [-0.1, -0.05) is 58.4 Å². The van der Waals surface area contributed by atoms with Crippen molar-refractivity contribution in [2.45, 2.75) is 12.6 Å².